The van der Waals surface area contributed by atoms with E-state index in [0.717, 1.165) is 5.69 Å². The summed E-state index contributed by atoms with van der Waals surface area (Å²) < 4.78 is 6.57. The molecule has 0 radical (unpaired) electrons. The van der Waals surface area contributed by atoms with Crippen LogP contribution in [0, 0.1) is 6.92 Å². The number of nitrogens with zero attached hydrogens (tertiary/aromatic N) is 2. The zero-order valence-electron chi connectivity index (χ0n) is 7.50. The van der Waals surface area contributed by atoms with E-state index in [1.807, 2.05) is 13.8 Å². The average molecular weight is 168 g/mol. The summed E-state index contributed by atoms with van der Waals surface area (Å²) in [5, 5.41) is 4.12. The number of carbonyl (C=O) groups excluding carboxylic acids is 1. The fourth-order valence-corrected chi connectivity index (χ4v) is 0.978. The highest BCUT2D eigenvalue weighted by atomic mass is 16.5. The van der Waals surface area contributed by atoms with Gasteiger partial charge in [-0.15, -0.1) is 0 Å². The third-order valence-corrected chi connectivity index (χ3v) is 1.41. The van der Waals surface area contributed by atoms with Gasteiger partial charge in [-0.1, -0.05) is 0 Å². The topological polar surface area (TPSA) is 44.1 Å². The monoisotopic (exact) mass is 168 g/mol. The van der Waals surface area contributed by atoms with Crippen LogP contribution in [0.1, 0.15) is 19.5 Å². The molecular weight excluding hydrogens is 156 g/mol. The maximum Gasteiger partial charge on any atom is 0.309 e. The highest BCUT2D eigenvalue weighted by Crippen LogP contribution is 2.12. The third kappa shape index (κ3) is 1.84. The molecule has 12 heavy (non-hydrogen) atoms. The van der Waals surface area contributed by atoms with Gasteiger partial charge in [-0.3, -0.25) is 4.79 Å². The lowest BCUT2D eigenvalue weighted by Gasteiger charge is -2.01. The number of aromatic nitrogens is 2. The molecule has 0 saturated heterocycles. The normalized spacial score (nSPS) is 9.92. The smallest absolute Gasteiger partial charge is 0.309 e. The molecule has 0 aliphatic rings. The number of esters is 1. The van der Waals surface area contributed by atoms with Gasteiger partial charge in [-0.25, -0.2) is 4.68 Å². The van der Waals surface area contributed by atoms with Gasteiger partial charge in [0.05, 0.1) is 5.69 Å². The first-order chi connectivity index (χ1) is 5.63. The predicted molar refractivity (Wildman–Crippen MR) is 43.9 cm³/mol. The number of hydrogen-bond donors (Lipinski definition) is 0. The molecule has 0 unspecified atom stereocenters. The minimum Gasteiger partial charge on any atom is -0.408 e. The summed E-state index contributed by atoms with van der Waals surface area (Å²) in [4.78, 5) is 10.6. The molecule has 0 bridgehead atoms. The molecule has 1 aromatic heterocycles. The van der Waals surface area contributed by atoms with Crippen LogP contribution >= 0.6 is 0 Å². The summed E-state index contributed by atoms with van der Waals surface area (Å²) in [6, 6.07) is 1.74. The van der Waals surface area contributed by atoms with Gasteiger partial charge in [0.25, 0.3) is 0 Å². The lowest BCUT2D eigenvalue weighted by Crippen LogP contribution is -2.07. The number of aryl methyl sites for hydroxylation is 2. The van der Waals surface area contributed by atoms with Crippen molar-refractivity contribution in [3.05, 3.63) is 11.8 Å². The molecule has 0 N–H and O–H groups in total. The summed E-state index contributed by atoms with van der Waals surface area (Å²) in [7, 11) is 0. The molecule has 1 aromatic rings. The molecule has 0 saturated carbocycles. The molecule has 0 fully saturated rings. The van der Waals surface area contributed by atoms with E-state index in [0.29, 0.717) is 12.4 Å². The Bertz CT molecular complexity index is 291. The number of rotatable bonds is 2. The lowest BCUT2D eigenvalue weighted by atomic mass is 10.5. The molecule has 0 aromatic carbocycles. The maximum atomic E-state index is 10.6. The average Bonchev–Trinajstić information content (AvgIpc) is 2.29. The summed E-state index contributed by atoms with van der Waals surface area (Å²) in [6.45, 7) is 5.89. The van der Waals surface area contributed by atoms with Crippen molar-refractivity contribution < 1.29 is 9.53 Å². The summed E-state index contributed by atoms with van der Waals surface area (Å²) in [5.74, 6) is 0.201. The van der Waals surface area contributed by atoms with E-state index in [-0.39, 0.29) is 5.97 Å². The van der Waals surface area contributed by atoms with Gasteiger partial charge in [-0.05, 0) is 13.8 Å². The highest BCUT2D eigenvalue weighted by molar-refractivity contribution is 5.68. The predicted octanol–water partition coefficient (Wildman–Crippen LogP) is 1.14. The van der Waals surface area contributed by atoms with Gasteiger partial charge in [0.15, 0.2) is 0 Å². The SMILES string of the molecule is CCn1nc(C)cc1OC(C)=O. The summed E-state index contributed by atoms with van der Waals surface area (Å²) in [6.07, 6.45) is 0. The Morgan fingerprint density at radius 3 is 2.92 bits per heavy atom. The largest absolute Gasteiger partial charge is 0.408 e. The molecule has 0 atom stereocenters. The molecule has 0 amide bonds. The number of carbonyl (C=O) groups is 1. The van der Waals surface area contributed by atoms with Crippen molar-refractivity contribution in [3.8, 4) is 5.88 Å². The van der Waals surface area contributed by atoms with Crippen LogP contribution in [0.25, 0.3) is 0 Å². The van der Waals surface area contributed by atoms with Gasteiger partial charge in [0, 0.05) is 19.5 Å². The van der Waals surface area contributed by atoms with Crippen molar-refractivity contribution in [1.82, 2.24) is 9.78 Å². The van der Waals surface area contributed by atoms with Crippen LogP contribution in [0.2, 0.25) is 0 Å². The first-order valence-corrected chi connectivity index (χ1v) is 3.86. The van der Waals surface area contributed by atoms with Crippen LogP contribution in [0.15, 0.2) is 6.07 Å². The zero-order chi connectivity index (χ0) is 9.14. The fraction of sp³-hybridized carbons (Fsp3) is 0.500. The minimum atomic E-state index is -0.315. The number of hydrogen-bond acceptors (Lipinski definition) is 3. The lowest BCUT2D eigenvalue weighted by molar-refractivity contribution is -0.132. The Morgan fingerprint density at radius 1 is 1.75 bits per heavy atom. The second-order valence-corrected chi connectivity index (χ2v) is 2.53. The van der Waals surface area contributed by atoms with Crippen LogP contribution in [-0.4, -0.2) is 15.7 Å². The summed E-state index contributed by atoms with van der Waals surface area (Å²) >= 11 is 0. The first-order valence-electron chi connectivity index (χ1n) is 3.86. The third-order valence-electron chi connectivity index (χ3n) is 1.41. The molecule has 4 nitrogen and oxygen atoms in total. The van der Waals surface area contributed by atoms with E-state index in [4.69, 9.17) is 4.74 Å². The molecule has 0 spiro atoms. The Morgan fingerprint density at radius 2 is 2.42 bits per heavy atom. The van der Waals surface area contributed by atoms with Gasteiger partial charge in [0.2, 0.25) is 5.88 Å². The molecule has 4 heteroatoms. The first kappa shape index (κ1) is 8.77. The van der Waals surface area contributed by atoms with Crippen LogP contribution in [0.4, 0.5) is 0 Å². The van der Waals surface area contributed by atoms with E-state index >= 15 is 0 Å². The van der Waals surface area contributed by atoms with Crippen LogP contribution in [0.5, 0.6) is 5.88 Å². The minimum absolute atomic E-state index is 0.315. The molecule has 0 aliphatic heterocycles. The van der Waals surface area contributed by atoms with Crippen molar-refractivity contribution in [1.29, 1.82) is 0 Å². The second kappa shape index (κ2) is 3.38. The molecule has 1 heterocycles. The van der Waals surface area contributed by atoms with Crippen molar-refractivity contribution in [3.63, 3.8) is 0 Å². The van der Waals surface area contributed by atoms with Gasteiger partial charge in [0.1, 0.15) is 0 Å². The zero-order valence-corrected chi connectivity index (χ0v) is 7.50. The van der Waals surface area contributed by atoms with Crippen LogP contribution in [-0.2, 0) is 11.3 Å². The number of ether oxygens (including phenoxy) is 1. The van der Waals surface area contributed by atoms with Crippen molar-refractivity contribution in [2.45, 2.75) is 27.3 Å². The Labute approximate surface area is 71.1 Å². The van der Waals surface area contributed by atoms with Crippen molar-refractivity contribution >= 4 is 5.97 Å². The molecule has 1 rings (SSSR count). The van der Waals surface area contributed by atoms with E-state index in [2.05, 4.69) is 5.10 Å². The van der Waals surface area contributed by atoms with E-state index < -0.39 is 0 Å². The highest BCUT2D eigenvalue weighted by Gasteiger charge is 2.06. The second-order valence-electron chi connectivity index (χ2n) is 2.53. The quantitative estimate of drug-likeness (QED) is 0.622. The van der Waals surface area contributed by atoms with Gasteiger partial charge < -0.3 is 4.74 Å². The van der Waals surface area contributed by atoms with E-state index in [9.17, 15) is 4.79 Å². The maximum absolute atomic E-state index is 10.6. The molecule has 0 aliphatic carbocycles. The van der Waals surface area contributed by atoms with Crippen molar-refractivity contribution in [2.24, 2.45) is 0 Å². The van der Waals surface area contributed by atoms with Crippen LogP contribution in [0.3, 0.4) is 0 Å². The summed E-state index contributed by atoms with van der Waals surface area (Å²) in [5.41, 5.74) is 0.855. The van der Waals surface area contributed by atoms with E-state index in [1.165, 1.54) is 6.92 Å². The molecule has 66 valence electrons. The van der Waals surface area contributed by atoms with Crippen molar-refractivity contribution in [2.75, 3.05) is 0 Å². The van der Waals surface area contributed by atoms with Gasteiger partial charge in [-0.2, -0.15) is 5.10 Å². The standard InChI is InChI=1S/C8H12N2O2/c1-4-10-8(12-7(3)11)5-6(2)9-10/h5H,4H2,1-3H3. The Hall–Kier alpha value is -1.32. The van der Waals surface area contributed by atoms with Gasteiger partial charge >= 0.3 is 5.97 Å². The van der Waals surface area contributed by atoms with Crippen LogP contribution < -0.4 is 4.74 Å². The Kier molecular flexibility index (Phi) is 2.47. The van der Waals surface area contributed by atoms with E-state index in [1.54, 1.807) is 10.7 Å². The Balaban J connectivity index is 2.89. The fourth-order valence-electron chi connectivity index (χ4n) is 0.978. The molecular formula is C8H12N2O2.